The monoisotopic (exact) mass is 316 g/mol. The van der Waals surface area contributed by atoms with Crippen molar-refractivity contribution < 1.29 is 0 Å². The topological polar surface area (TPSA) is 15.6 Å². The van der Waals surface area contributed by atoms with Crippen molar-refractivity contribution in [2.45, 2.75) is 4.90 Å². The van der Waals surface area contributed by atoms with Gasteiger partial charge in [-0.15, -0.1) is 0 Å². The number of rotatable bonds is 2. The molecule has 0 saturated heterocycles. The number of nitrogens with zero attached hydrogens (tertiary/aromatic N) is 2. The van der Waals surface area contributed by atoms with Gasteiger partial charge in [0.25, 0.3) is 0 Å². The SMILES string of the molecule is CN1C(=CC=Nc2ccccc2)Sc2ccc3ccccc3c21. The van der Waals surface area contributed by atoms with Crippen LogP contribution in [0.25, 0.3) is 10.8 Å². The van der Waals surface area contributed by atoms with Crippen molar-refractivity contribution >= 4 is 40.1 Å². The Morgan fingerprint density at radius 3 is 2.57 bits per heavy atom. The van der Waals surface area contributed by atoms with Gasteiger partial charge in [-0.2, -0.15) is 0 Å². The molecule has 0 aliphatic carbocycles. The van der Waals surface area contributed by atoms with Crippen LogP contribution in [0.1, 0.15) is 0 Å². The summed E-state index contributed by atoms with van der Waals surface area (Å²) in [7, 11) is 2.12. The second-order valence-corrected chi connectivity index (χ2v) is 6.48. The van der Waals surface area contributed by atoms with E-state index in [2.05, 4.69) is 59.4 Å². The lowest BCUT2D eigenvalue weighted by Crippen LogP contribution is -2.10. The van der Waals surface area contributed by atoms with Gasteiger partial charge in [0, 0.05) is 23.5 Å². The largest absolute Gasteiger partial charge is 0.338 e. The van der Waals surface area contributed by atoms with E-state index in [1.165, 1.54) is 26.4 Å². The minimum absolute atomic E-state index is 0.970. The summed E-state index contributed by atoms with van der Waals surface area (Å²) in [6.45, 7) is 0. The van der Waals surface area contributed by atoms with E-state index in [0.717, 1.165) is 5.69 Å². The summed E-state index contributed by atoms with van der Waals surface area (Å²) in [6, 6.07) is 22.9. The standard InChI is InChI=1S/C20H16N2S/c1-22-19(13-14-21-16-8-3-2-4-9-16)23-18-12-11-15-7-5-6-10-17(15)20(18)22/h2-14H,1H3. The number of para-hydroxylation sites is 1. The fraction of sp³-hybridized carbons (Fsp3) is 0.0500. The maximum atomic E-state index is 4.49. The first-order chi connectivity index (χ1) is 11.3. The molecule has 0 atom stereocenters. The number of allylic oxidation sites excluding steroid dienone is 1. The lowest BCUT2D eigenvalue weighted by Gasteiger charge is -2.15. The van der Waals surface area contributed by atoms with Gasteiger partial charge in [0.2, 0.25) is 0 Å². The molecule has 3 aromatic carbocycles. The maximum Gasteiger partial charge on any atom is 0.0814 e. The molecule has 0 amide bonds. The van der Waals surface area contributed by atoms with Crippen LogP contribution >= 0.6 is 11.8 Å². The van der Waals surface area contributed by atoms with Crippen LogP contribution in [0.2, 0.25) is 0 Å². The highest BCUT2D eigenvalue weighted by molar-refractivity contribution is 8.03. The number of hydrogen-bond donors (Lipinski definition) is 0. The van der Waals surface area contributed by atoms with Crippen LogP contribution in [0.15, 0.2) is 87.7 Å². The van der Waals surface area contributed by atoms with Gasteiger partial charge >= 0.3 is 0 Å². The zero-order valence-corrected chi connectivity index (χ0v) is 13.6. The smallest absolute Gasteiger partial charge is 0.0814 e. The molecule has 0 radical (unpaired) electrons. The number of hydrogen-bond acceptors (Lipinski definition) is 3. The molecule has 23 heavy (non-hydrogen) atoms. The molecule has 0 aromatic heterocycles. The van der Waals surface area contributed by atoms with E-state index in [9.17, 15) is 0 Å². The van der Waals surface area contributed by atoms with Crippen molar-refractivity contribution in [3.8, 4) is 0 Å². The Morgan fingerprint density at radius 1 is 0.913 bits per heavy atom. The molecule has 1 heterocycles. The molecule has 0 N–H and O–H groups in total. The molecular weight excluding hydrogens is 300 g/mol. The van der Waals surface area contributed by atoms with Gasteiger partial charge in [0.15, 0.2) is 0 Å². The molecule has 1 aliphatic heterocycles. The molecule has 0 unspecified atom stereocenters. The third-order valence-corrected chi connectivity index (χ3v) is 5.11. The second-order valence-electron chi connectivity index (χ2n) is 5.41. The van der Waals surface area contributed by atoms with Crippen LogP contribution in [0, 0.1) is 0 Å². The molecule has 3 heteroatoms. The Hall–Kier alpha value is -2.52. The van der Waals surface area contributed by atoms with E-state index < -0.39 is 0 Å². The quantitative estimate of drug-likeness (QED) is 0.570. The Morgan fingerprint density at radius 2 is 1.70 bits per heavy atom. The highest BCUT2D eigenvalue weighted by atomic mass is 32.2. The summed E-state index contributed by atoms with van der Waals surface area (Å²) in [5.74, 6) is 0. The van der Waals surface area contributed by atoms with E-state index >= 15 is 0 Å². The summed E-state index contributed by atoms with van der Waals surface area (Å²) >= 11 is 1.79. The third kappa shape index (κ3) is 2.64. The Kier molecular flexibility index (Phi) is 3.64. The van der Waals surface area contributed by atoms with E-state index in [4.69, 9.17) is 0 Å². The van der Waals surface area contributed by atoms with Crippen molar-refractivity contribution in [1.82, 2.24) is 0 Å². The van der Waals surface area contributed by atoms with Crippen molar-refractivity contribution in [3.05, 3.63) is 77.8 Å². The van der Waals surface area contributed by atoms with E-state index in [0.29, 0.717) is 0 Å². The molecule has 1 aliphatic rings. The normalized spacial score (nSPS) is 15.7. The van der Waals surface area contributed by atoms with Crippen LogP contribution in [-0.2, 0) is 0 Å². The van der Waals surface area contributed by atoms with Crippen LogP contribution in [-0.4, -0.2) is 13.3 Å². The summed E-state index contributed by atoms with van der Waals surface area (Å²) in [5, 5.41) is 3.76. The van der Waals surface area contributed by atoms with E-state index in [1.54, 1.807) is 11.8 Å². The van der Waals surface area contributed by atoms with E-state index in [-0.39, 0.29) is 0 Å². The highest BCUT2D eigenvalue weighted by Crippen LogP contribution is 2.48. The molecule has 0 saturated carbocycles. The summed E-state index contributed by atoms with van der Waals surface area (Å²) in [4.78, 5) is 8.03. The molecule has 0 bridgehead atoms. The van der Waals surface area contributed by atoms with E-state index in [1.807, 2.05) is 36.5 Å². The zero-order chi connectivity index (χ0) is 15.6. The van der Waals surface area contributed by atoms with Gasteiger partial charge in [0.05, 0.1) is 16.4 Å². The summed E-state index contributed by atoms with van der Waals surface area (Å²) in [5.41, 5.74) is 2.26. The van der Waals surface area contributed by atoms with Gasteiger partial charge in [-0.25, -0.2) is 0 Å². The Balaban J connectivity index is 1.67. The molecule has 3 aromatic rings. The first-order valence-corrected chi connectivity index (χ1v) is 8.37. The fourth-order valence-corrected chi connectivity index (χ4v) is 3.86. The van der Waals surface area contributed by atoms with Crippen LogP contribution < -0.4 is 4.90 Å². The second kappa shape index (κ2) is 5.94. The van der Waals surface area contributed by atoms with Gasteiger partial charge < -0.3 is 4.90 Å². The first kappa shape index (κ1) is 14.1. The van der Waals surface area contributed by atoms with Crippen molar-refractivity contribution in [3.63, 3.8) is 0 Å². The lowest BCUT2D eigenvalue weighted by atomic mass is 10.1. The minimum Gasteiger partial charge on any atom is -0.338 e. The third-order valence-electron chi connectivity index (χ3n) is 3.94. The van der Waals surface area contributed by atoms with Gasteiger partial charge in [-0.1, -0.05) is 60.3 Å². The van der Waals surface area contributed by atoms with Gasteiger partial charge in [0.1, 0.15) is 0 Å². The number of benzene rings is 3. The summed E-state index contributed by atoms with van der Waals surface area (Å²) < 4.78 is 0. The van der Waals surface area contributed by atoms with Crippen molar-refractivity contribution in [2.24, 2.45) is 4.99 Å². The minimum atomic E-state index is 0.970. The molecule has 4 rings (SSSR count). The fourth-order valence-electron chi connectivity index (χ4n) is 2.80. The molecule has 0 spiro atoms. The number of thioether (sulfide) groups is 1. The number of anilines is 1. The van der Waals surface area contributed by atoms with Crippen LogP contribution in [0.5, 0.6) is 0 Å². The van der Waals surface area contributed by atoms with Crippen molar-refractivity contribution in [2.75, 3.05) is 11.9 Å². The predicted octanol–water partition coefficient (Wildman–Crippen LogP) is 5.63. The summed E-state index contributed by atoms with van der Waals surface area (Å²) in [6.07, 6.45) is 3.95. The average molecular weight is 316 g/mol. The van der Waals surface area contributed by atoms with Crippen LogP contribution in [0.4, 0.5) is 11.4 Å². The molecule has 2 nitrogen and oxygen atoms in total. The zero-order valence-electron chi connectivity index (χ0n) is 12.8. The van der Waals surface area contributed by atoms with Crippen molar-refractivity contribution in [1.29, 1.82) is 0 Å². The highest BCUT2D eigenvalue weighted by Gasteiger charge is 2.23. The lowest BCUT2D eigenvalue weighted by molar-refractivity contribution is 1.19. The predicted molar refractivity (Wildman–Crippen MR) is 101 cm³/mol. The average Bonchev–Trinajstić information content (AvgIpc) is 2.92. The van der Waals surface area contributed by atoms with Crippen LogP contribution in [0.3, 0.4) is 0 Å². The molecular formula is C20H16N2S. The number of fused-ring (bicyclic) bond motifs is 3. The molecule has 0 fully saturated rings. The molecule has 112 valence electrons. The van der Waals surface area contributed by atoms with Gasteiger partial charge in [-0.3, -0.25) is 4.99 Å². The maximum absolute atomic E-state index is 4.49. The number of aliphatic imine (C=N–C) groups is 1. The first-order valence-electron chi connectivity index (χ1n) is 7.56. The van der Waals surface area contributed by atoms with Gasteiger partial charge in [-0.05, 0) is 29.7 Å². The Labute approximate surface area is 140 Å². The Bertz CT molecular complexity index is 913.